The summed E-state index contributed by atoms with van der Waals surface area (Å²) in [5.41, 5.74) is 1.28. The molecule has 0 atom stereocenters. The van der Waals surface area contributed by atoms with Gasteiger partial charge in [0.2, 0.25) is 0 Å². The second kappa shape index (κ2) is 8.65. The van der Waals surface area contributed by atoms with Gasteiger partial charge in [0.15, 0.2) is 0 Å². The fourth-order valence-electron chi connectivity index (χ4n) is 2.31. The van der Waals surface area contributed by atoms with Crippen molar-refractivity contribution in [3.8, 4) is 0 Å². The third-order valence-electron chi connectivity index (χ3n) is 3.67. The second-order valence-corrected chi connectivity index (χ2v) is 7.75. The van der Waals surface area contributed by atoms with E-state index in [1.54, 1.807) is 35.7 Å². The van der Waals surface area contributed by atoms with Gasteiger partial charge in [-0.05, 0) is 53.4 Å². The van der Waals surface area contributed by atoms with Gasteiger partial charge in [-0.1, -0.05) is 33.6 Å². The lowest BCUT2D eigenvalue weighted by molar-refractivity contribution is 0.0949. The van der Waals surface area contributed by atoms with E-state index in [-0.39, 0.29) is 24.2 Å². The molecule has 0 radical (unpaired) electrons. The van der Waals surface area contributed by atoms with Gasteiger partial charge in [-0.3, -0.25) is 9.59 Å². The lowest BCUT2D eigenvalue weighted by Gasteiger charge is -2.10. The summed E-state index contributed by atoms with van der Waals surface area (Å²) in [6.07, 6.45) is 0. The number of carbonyl (C=O) groups excluding carboxylic acids is 2. The van der Waals surface area contributed by atoms with E-state index in [1.807, 2.05) is 0 Å². The van der Waals surface area contributed by atoms with Crippen LogP contribution < -0.4 is 10.6 Å². The summed E-state index contributed by atoms with van der Waals surface area (Å²) in [6, 6.07) is 12.3. The topological polar surface area (TPSA) is 58.2 Å². The van der Waals surface area contributed by atoms with Gasteiger partial charge in [-0.25, -0.2) is 4.39 Å². The first-order valence-corrected chi connectivity index (χ1v) is 9.85. The van der Waals surface area contributed by atoms with Gasteiger partial charge in [0.1, 0.15) is 5.82 Å². The number of rotatable bonds is 5. The zero-order valence-electron chi connectivity index (χ0n) is 13.8. The maximum atomic E-state index is 13.3. The molecule has 138 valence electrons. The van der Waals surface area contributed by atoms with Gasteiger partial charge in [0, 0.05) is 16.6 Å². The molecular weight excluding hydrogens is 455 g/mol. The highest BCUT2D eigenvalue weighted by atomic mass is 79.9. The Bertz CT molecular complexity index is 995. The summed E-state index contributed by atoms with van der Waals surface area (Å²) in [6.45, 7) is 0.149. The van der Waals surface area contributed by atoms with Crippen LogP contribution in [0.3, 0.4) is 0 Å². The van der Waals surface area contributed by atoms with Crippen LogP contribution in [0.1, 0.15) is 25.6 Å². The summed E-state index contributed by atoms with van der Waals surface area (Å²) in [4.78, 5) is 25.1. The molecule has 0 spiro atoms. The van der Waals surface area contributed by atoms with Crippen LogP contribution in [0.2, 0.25) is 5.02 Å². The summed E-state index contributed by atoms with van der Waals surface area (Å²) in [5.74, 6) is -1.05. The van der Waals surface area contributed by atoms with Crippen molar-refractivity contribution in [2.75, 3.05) is 5.32 Å². The highest BCUT2D eigenvalue weighted by Crippen LogP contribution is 2.25. The summed E-state index contributed by atoms with van der Waals surface area (Å²) in [5, 5.41) is 7.54. The Kier molecular flexibility index (Phi) is 6.26. The minimum Gasteiger partial charge on any atom is -0.348 e. The molecule has 0 saturated heterocycles. The van der Waals surface area contributed by atoms with Crippen LogP contribution in [0.25, 0.3) is 0 Å². The Balaban J connectivity index is 1.71. The number of amides is 2. The predicted molar refractivity (Wildman–Crippen MR) is 109 cm³/mol. The molecule has 2 N–H and O–H groups in total. The van der Waals surface area contributed by atoms with Crippen LogP contribution in [0.4, 0.5) is 10.1 Å². The van der Waals surface area contributed by atoms with Crippen LogP contribution in [0.5, 0.6) is 0 Å². The Morgan fingerprint density at radius 2 is 1.93 bits per heavy atom. The molecule has 3 rings (SSSR count). The Morgan fingerprint density at radius 3 is 2.67 bits per heavy atom. The maximum absolute atomic E-state index is 13.3. The molecule has 0 aliphatic heterocycles. The lowest BCUT2D eigenvalue weighted by Crippen LogP contribution is -2.23. The van der Waals surface area contributed by atoms with Crippen molar-refractivity contribution < 1.29 is 14.0 Å². The van der Waals surface area contributed by atoms with Gasteiger partial charge in [0.05, 0.1) is 15.6 Å². The minimum absolute atomic E-state index is 0.149. The Labute approximate surface area is 172 Å². The van der Waals surface area contributed by atoms with E-state index in [2.05, 4.69) is 26.6 Å². The Hall–Kier alpha value is -2.22. The fourth-order valence-corrected chi connectivity index (χ4v) is 3.48. The SMILES string of the molecule is O=C(NCc1cc(F)ccc1Br)c1ccc(Cl)c(NC(=O)c2cccs2)c1. The first kappa shape index (κ1) is 19.5. The van der Waals surface area contributed by atoms with E-state index in [1.165, 1.54) is 29.5 Å². The van der Waals surface area contributed by atoms with Crippen molar-refractivity contribution in [2.24, 2.45) is 0 Å². The van der Waals surface area contributed by atoms with Gasteiger partial charge < -0.3 is 10.6 Å². The van der Waals surface area contributed by atoms with Crippen molar-refractivity contribution >= 4 is 56.4 Å². The van der Waals surface area contributed by atoms with Crippen LogP contribution in [-0.2, 0) is 6.54 Å². The van der Waals surface area contributed by atoms with Crippen molar-refractivity contribution in [1.29, 1.82) is 0 Å². The molecule has 0 fully saturated rings. The van der Waals surface area contributed by atoms with Crippen molar-refractivity contribution in [3.05, 3.63) is 85.2 Å². The van der Waals surface area contributed by atoms with Gasteiger partial charge in [-0.15, -0.1) is 11.3 Å². The third kappa shape index (κ3) is 4.94. The first-order chi connectivity index (χ1) is 12.9. The summed E-state index contributed by atoms with van der Waals surface area (Å²) in [7, 11) is 0. The predicted octanol–water partition coefficient (Wildman–Crippen LogP) is 5.49. The third-order valence-corrected chi connectivity index (χ3v) is 5.64. The van der Waals surface area contributed by atoms with E-state index in [4.69, 9.17) is 11.6 Å². The maximum Gasteiger partial charge on any atom is 0.265 e. The molecule has 27 heavy (non-hydrogen) atoms. The highest BCUT2D eigenvalue weighted by Gasteiger charge is 2.13. The molecule has 8 heteroatoms. The zero-order chi connectivity index (χ0) is 19.4. The molecule has 0 aliphatic carbocycles. The standard InChI is InChI=1S/C19H13BrClFN2O2S/c20-14-5-4-13(22)8-12(14)10-23-18(25)11-3-6-15(21)16(9-11)24-19(26)17-2-1-7-27-17/h1-9H,10H2,(H,23,25)(H,24,26). The first-order valence-electron chi connectivity index (χ1n) is 7.80. The average molecular weight is 468 g/mol. The number of nitrogens with one attached hydrogen (secondary N) is 2. The average Bonchev–Trinajstić information content (AvgIpc) is 3.19. The number of anilines is 1. The molecule has 0 unspecified atom stereocenters. The number of benzene rings is 2. The van der Waals surface area contributed by atoms with Gasteiger partial charge in [0.25, 0.3) is 11.8 Å². The quantitative estimate of drug-likeness (QED) is 0.522. The molecule has 2 aromatic carbocycles. The van der Waals surface area contributed by atoms with Crippen molar-refractivity contribution in [2.45, 2.75) is 6.54 Å². The molecule has 2 amide bonds. The summed E-state index contributed by atoms with van der Waals surface area (Å²) < 4.78 is 14.0. The molecule has 1 aromatic heterocycles. The minimum atomic E-state index is -0.382. The molecule has 0 bridgehead atoms. The van der Waals surface area contributed by atoms with Gasteiger partial charge in [-0.2, -0.15) is 0 Å². The molecule has 3 aromatic rings. The molecule has 4 nitrogen and oxygen atoms in total. The van der Waals surface area contributed by atoms with E-state index >= 15 is 0 Å². The zero-order valence-corrected chi connectivity index (χ0v) is 16.9. The van der Waals surface area contributed by atoms with Crippen molar-refractivity contribution in [3.63, 3.8) is 0 Å². The van der Waals surface area contributed by atoms with E-state index in [9.17, 15) is 14.0 Å². The molecular formula is C19H13BrClFN2O2S. The number of thiophene rings is 1. The molecule has 0 saturated carbocycles. The normalized spacial score (nSPS) is 10.5. The van der Waals surface area contributed by atoms with E-state index in [0.717, 1.165) is 0 Å². The fraction of sp³-hybridized carbons (Fsp3) is 0.0526. The number of hydrogen-bond donors (Lipinski definition) is 2. The summed E-state index contributed by atoms with van der Waals surface area (Å²) >= 11 is 10.8. The lowest BCUT2D eigenvalue weighted by atomic mass is 10.1. The van der Waals surface area contributed by atoms with Crippen molar-refractivity contribution in [1.82, 2.24) is 5.32 Å². The highest BCUT2D eigenvalue weighted by molar-refractivity contribution is 9.10. The largest absolute Gasteiger partial charge is 0.348 e. The van der Waals surface area contributed by atoms with E-state index < -0.39 is 0 Å². The smallest absolute Gasteiger partial charge is 0.265 e. The number of carbonyl (C=O) groups is 2. The second-order valence-electron chi connectivity index (χ2n) is 5.54. The number of hydrogen-bond acceptors (Lipinski definition) is 3. The van der Waals surface area contributed by atoms with Crippen LogP contribution >= 0.6 is 38.9 Å². The monoisotopic (exact) mass is 466 g/mol. The van der Waals surface area contributed by atoms with E-state index in [0.29, 0.717) is 31.2 Å². The Morgan fingerprint density at radius 1 is 1.11 bits per heavy atom. The van der Waals surface area contributed by atoms with Crippen LogP contribution in [0.15, 0.2) is 58.4 Å². The van der Waals surface area contributed by atoms with Crippen LogP contribution in [0, 0.1) is 5.82 Å². The van der Waals surface area contributed by atoms with Crippen LogP contribution in [-0.4, -0.2) is 11.8 Å². The molecule has 0 aliphatic rings. The van der Waals surface area contributed by atoms with Gasteiger partial charge >= 0.3 is 0 Å². The molecule has 1 heterocycles. The number of halogens is 3.